The third-order valence-corrected chi connectivity index (χ3v) is 10.4. The second-order valence-corrected chi connectivity index (χ2v) is 13.9. The highest BCUT2D eigenvalue weighted by Gasteiger charge is 2.24. The van der Waals surface area contributed by atoms with Gasteiger partial charge in [0.15, 0.2) is 11.4 Å². The van der Waals surface area contributed by atoms with Crippen molar-refractivity contribution in [2.24, 2.45) is 7.05 Å². The Morgan fingerprint density at radius 3 is 2.35 bits per heavy atom. The Labute approximate surface area is 275 Å². The number of unbranched alkanes of at least 4 members (excludes halogenated alkanes) is 1. The summed E-state index contributed by atoms with van der Waals surface area (Å²) in [7, 11) is -0.226. The number of aromatic amines is 1. The van der Waals surface area contributed by atoms with Crippen LogP contribution in [-0.4, -0.2) is 46.0 Å². The third-order valence-electron chi connectivity index (χ3n) is 8.29. The molecule has 0 atom stereocenters. The monoisotopic (exact) mass is 665 g/mol. The van der Waals surface area contributed by atoms with Gasteiger partial charge in [0.05, 0.1) is 34.2 Å². The van der Waals surface area contributed by atoms with Crippen LogP contribution in [0.2, 0.25) is 5.02 Å². The summed E-state index contributed by atoms with van der Waals surface area (Å²) in [4.78, 5) is 3.54. The number of nitrogens with zero attached hydrogens (tertiary/aromatic N) is 2. The Morgan fingerprint density at radius 2 is 1.61 bits per heavy atom. The van der Waals surface area contributed by atoms with E-state index in [0.717, 1.165) is 50.1 Å². The molecule has 5 rings (SSSR count). The molecular weight excluding hydrogens is 625 g/mol. The molecule has 0 unspecified atom stereocenters. The number of aromatic nitrogens is 2. The lowest BCUT2D eigenvalue weighted by Gasteiger charge is -2.23. The maximum atomic E-state index is 14.2. The number of nitrogens with one attached hydrogen (secondary N) is 3. The predicted molar refractivity (Wildman–Crippen MR) is 183 cm³/mol. The summed E-state index contributed by atoms with van der Waals surface area (Å²) < 4.78 is 50.8. The van der Waals surface area contributed by atoms with Crippen LogP contribution < -0.4 is 24.9 Å². The molecule has 0 spiro atoms. The van der Waals surface area contributed by atoms with E-state index in [0.29, 0.717) is 43.2 Å². The summed E-state index contributed by atoms with van der Waals surface area (Å²) in [5.41, 5.74) is 6.53. The van der Waals surface area contributed by atoms with E-state index in [9.17, 15) is 12.8 Å². The maximum absolute atomic E-state index is 14.2. The summed E-state index contributed by atoms with van der Waals surface area (Å²) in [6, 6.07) is 19.3. The number of rotatable bonds is 13. The molecule has 0 bridgehead atoms. The van der Waals surface area contributed by atoms with Crippen LogP contribution in [-0.2, 0) is 17.1 Å². The molecule has 0 aliphatic heterocycles. The van der Waals surface area contributed by atoms with Gasteiger partial charge < -0.3 is 15.4 Å². The van der Waals surface area contributed by atoms with Crippen LogP contribution in [0.5, 0.6) is 5.75 Å². The quantitative estimate of drug-likeness (QED) is 0.113. The highest BCUT2D eigenvalue weighted by molar-refractivity contribution is 7.89. The van der Waals surface area contributed by atoms with E-state index in [1.165, 1.54) is 16.4 Å². The molecule has 3 N–H and O–H groups in total. The number of halogens is 2. The molecule has 0 saturated carbocycles. The second-order valence-electron chi connectivity index (χ2n) is 11.6. The van der Waals surface area contributed by atoms with Gasteiger partial charge in [0, 0.05) is 68.8 Å². The fraction of sp³-hybridized carbons (Fsp3) is 0.314. The largest absolute Gasteiger partial charge is 0.497 e. The number of aryl methyl sites for hydroxylation is 4. The molecule has 3 aromatic carbocycles. The summed E-state index contributed by atoms with van der Waals surface area (Å²) >= 11 is 6.33. The average molecular weight is 666 g/mol. The van der Waals surface area contributed by atoms with Crippen molar-refractivity contribution in [1.82, 2.24) is 4.31 Å². The Bertz CT molecular complexity index is 1990. The first-order chi connectivity index (χ1) is 22.0. The SMILES string of the molecule is COc1ccc(S(=O)(=O)N(CCCCNc2cc(C)[nH+]c3c(C)cc(F)cc23)CCNc2cc(C)[n+](C)c3ccc(Cl)cc23)cc1. The average Bonchev–Trinajstić information content (AvgIpc) is 3.02. The maximum Gasteiger partial charge on any atom is 0.243 e. The van der Waals surface area contributed by atoms with Gasteiger partial charge in [-0.05, 0) is 68.3 Å². The Kier molecular flexibility index (Phi) is 10.3. The number of pyridine rings is 2. The van der Waals surface area contributed by atoms with Gasteiger partial charge in [0.1, 0.15) is 18.6 Å². The molecule has 0 aliphatic carbocycles. The molecule has 0 saturated heterocycles. The second kappa shape index (κ2) is 14.2. The summed E-state index contributed by atoms with van der Waals surface area (Å²) in [5, 5.41) is 9.29. The molecule has 5 aromatic rings. The highest BCUT2D eigenvalue weighted by Crippen LogP contribution is 2.27. The smallest absolute Gasteiger partial charge is 0.243 e. The Hall–Kier alpha value is -3.99. The van der Waals surface area contributed by atoms with Crippen LogP contribution in [0.25, 0.3) is 21.8 Å². The van der Waals surface area contributed by atoms with E-state index < -0.39 is 10.0 Å². The Morgan fingerprint density at radius 1 is 0.891 bits per heavy atom. The van der Waals surface area contributed by atoms with Gasteiger partial charge in [-0.3, -0.25) is 0 Å². The van der Waals surface area contributed by atoms with Crippen LogP contribution in [0, 0.1) is 26.6 Å². The minimum atomic E-state index is -3.78. The molecule has 2 heterocycles. The molecule has 0 amide bonds. The van der Waals surface area contributed by atoms with Gasteiger partial charge >= 0.3 is 0 Å². The Balaban J connectivity index is 1.30. The normalized spacial score (nSPS) is 11.8. The van der Waals surface area contributed by atoms with Crippen LogP contribution in [0.4, 0.5) is 15.8 Å². The van der Waals surface area contributed by atoms with Crippen LogP contribution in [0.3, 0.4) is 0 Å². The molecule has 0 radical (unpaired) electrons. The first kappa shape index (κ1) is 33.4. The fourth-order valence-electron chi connectivity index (χ4n) is 5.73. The zero-order valence-electron chi connectivity index (χ0n) is 26.9. The number of ether oxygens (including phenoxy) is 1. The van der Waals surface area contributed by atoms with Crippen molar-refractivity contribution in [2.75, 3.05) is 43.9 Å². The van der Waals surface area contributed by atoms with Crippen molar-refractivity contribution in [2.45, 2.75) is 38.5 Å². The number of sulfonamides is 1. The van der Waals surface area contributed by atoms with Gasteiger partial charge in [0.2, 0.25) is 21.1 Å². The van der Waals surface area contributed by atoms with Gasteiger partial charge in [-0.15, -0.1) is 0 Å². The standard InChI is InChI=1S/C35H39ClFN5O3S/c1-23-18-27(37)22-31-32(19-24(2)40-35(23)31)38-14-6-7-16-42(46(43,44)29-11-9-28(45-5)10-12-29)17-15-39-33-20-25(3)41(4)34-13-8-26(36)21-30(33)34/h8-13,18-22H,6-7,14-17H2,1-5H3,(H,38,40)/p+2. The van der Waals surface area contributed by atoms with Crippen LogP contribution in [0.15, 0.2) is 71.6 Å². The molecule has 8 nitrogen and oxygen atoms in total. The first-order valence-corrected chi connectivity index (χ1v) is 17.1. The topological polar surface area (TPSA) is 88.7 Å². The van der Waals surface area contributed by atoms with Gasteiger partial charge in [-0.2, -0.15) is 8.87 Å². The van der Waals surface area contributed by atoms with Gasteiger partial charge in [-0.25, -0.2) is 17.8 Å². The molecule has 0 aliphatic rings. The summed E-state index contributed by atoms with van der Waals surface area (Å²) in [5.74, 6) is 0.307. The molecule has 2 aromatic heterocycles. The molecule has 242 valence electrons. The van der Waals surface area contributed by atoms with Crippen molar-refractivity contribution < 1.29 is 27.1 Å². The number of hydrogen-bond donors (Lipinski definition) is 2. The summed E-state index contributed by atoms with van der Waals surface area (Å²) in [6.45, 7) is 7.49. The van der Waals surface area contributed by atoms with E-state index >= 15 is 0 Å². The lowest BCUT2D eigenvalue weighted by atomic mass is 10.1. The number of benzene rings is 3. The number of anilines is 2. The molecule has 0 fully saturated rings. The predicted octanol–water partition coefficient (Wildman–Crippen LogP) is 6.35. The van der Waals surface area contributed by atoms with E-state index in [1.807, 2.05) is 58.2 Å². The van der Waals surface area contributed by atoms with E-state index in [-0.39, 0.29) is 17.3 Å². The minimum absolute atomic E-state index is 0.214. The van der Waals surface area contributed by atoms with E-state index in [1.54, 1.807) is 31.4 Å². The first-order valence-electron chi connectivity index (χ1n) is 15.3. The highest BCUT2D eigenvalue weighted by atomic mass is 35.5. The molecule has 46 heavy (non-hydrogen) atoms. The zero-order valence-corrected chi connectivity index (χ0v) is 28.4. The summed E-state index contributed by atoms with van der Waals surface area (Å²) in [6.07, 6.45) is 1.34. The van der Waals surface area contributed by atoms with Gasteiger partial charge in [-0.1, -0.05) is 11.6 Å². The number of methoxy groups -OCH3 is 1. The number of hydrogen-bond acceptors (Lipinski definition) is 5. The van der Waals surface area contributed by atoms with Crippen LogP contribution in [0.1, 0.15) is 29.8 Å². The fourth-order valence-corrected chi connectivity index (χ4v) is 7.38. The van der Waals surface area contributed by atoms with Crippen molar-refractivity contribution in [1.29, 1.82) is 0 Å². The number of fused-ring (bicyclic) bond motifs is 2. The van der Waals surface area contributed by atoms with E-state index in [4.69, 9.17) is 16.3 Å². The van der Waals surface area contributed by atoms with Crippen molar-refractivity contribution in [3.63, 3.8) is 0 Å². The molecule has 11 heteroatoms. The number of H-pyrrole nitrogens is 1. The lowest BCUT2D eigenvalue weighted by Crippen LogP contribution is -2.36. The zero-order chi connectivity index (χ0) is 33.0. The van der Waals surface area contributed by atoms with Crippen molar-refractivity contribution in [3.05, 3.63) is 94.5 Å². The van der Waals surface area contributed by atoms with Gasteiger partial charge in [0.25, 0.3) is 0 Å². The lowest BCUT2D eigenvalue weighted by molar-refractivity contribution is -0.651. The van der Waals surface area contributed by atoms with Crippen molar-refractivity contribution in [3.8, 4) is 5.75 Å². The van der Waals surface area contributed by atoms with Crippen molar-refractivity contribution >= 4 is 54.8 Å². The third kappa shape index (κ3) is 7.35. The minimum Gasteiger partial charge on any atom is -0.497 e. The van der Waals surface area contributed by atoms with E-state index in [2.05, 4.69) is 20.2 Å². The van der Waals surface area contributed by atoms with Crippen LogP contribution >= 0.6 is 11.6 Å². The molecular formula is C35H41ClFN5O3S+2.